The highest BCUT2D eigenvalue weighted by molar-refractivity contribution is 7.08. The molecule has 10 heteroatoms. The third kappa shape index (κ3) is 5.41. The summed E-state index contributed by atoms with van der Waals surface area (Å²) in [4.78, 5) is 16.5. The Labute approximate surface area is 196 Å². The summed E-state index contributed by atoms with van der Waals surface area (Å²) in [6, 6.07) is 11.8. The summed E-state index contributed by atoms with van der Waals surface area (Å²) in [7, 11) is 0. The van der Waals surface area contributed by atoms with Crippen LogP contribution in [0.15, 0.2) is 53.5 Å². The maximum atomic E-state index is 5.80. The highest BCUT2D eigenvalue weighted by Crippen LogP contribution is 2.24. The van der Waals surface area contributed by atoms with E-state index in [9.17, 15) is 0 Å². The molecule has 33 heavy (non-hydrogen) atoms. The Morgan fingerprint density at radius 1 is 1.03 bits per heavy atom. The van der Waals surface area contributed by atoms with Crippen LogP contribution in [0.5, 0.6) is 5.75 Å². The maximum Gasteiger partial charge on any atom is 0.226 e. The van der Waals surface area contributed by atoms with Crippen molar-refractivity contribution in [2.45, 2.75) is 0 Å². The molecule has 0 saturated carbocycles. The molecule has 2 N–H and O–H groups in total. The summed E-state index contributed by atoms with van der Waals surface area (Å²) in [6.45, 7) is 6.29. The quantitative estimate of drug-likeness (QED) is 0.346. The van der Waals surface area contributed by atoms with Crippen LogP contribution in [0, 0.1) is 0 Å². The van der Waals surface area contributed by atoms with Crippen molar-refractivity contribution in [1.82, 2.24) is 24.4 Å². The number of benzene rings is 1. The number of fused-ring (bicyclic) bond motifs is 1. The molecule has 5 rings (SSSR count). The molecule has 0 radical (unpaired) electrons. The summed E-state index contributed by atoms with van der Waals surface area (Å²) in [5.41, 5.74) is 2.54. The van der Waals surface area contributed by atoms with Gasteiger partial charge >= 0.3 is 0 Å². The highest BCUT2D eigenvalue weighted by atomic mass is 32.1. The minimum atomic E-state index is 0.514. The number of para-hydroxylation sites is 1. The van der Waals surface area contributed by atoms with Crippen LogP contribution in [-0.4, -0.2) is 77.0 Å². The average Bonchev–Trinajstić information content (AvgIpc) is 3.53. The molecule has 4 aromatic rings. The molecule has 1 saturated heterocycles. The van der Waals surface area contributed by atoms with Crippen molar-refractivity contribution < 1.29 is 9.47 Å². The Balaban J connectivity index is 1.30. The minimum Gasteiger partial charge on any atom is -0.492 e. The second-order valence-corrected chi connectivity index (χ2v) is 8.41. The minimum absolute atomic E-state index is 0.514. The third-order valence-electron chi connectivity index (χ3n) is 5.40. The summed E-state index contributed by atoms with van der Waals surface area (Å²) in [5.74, 6) is 2.12. The van der Waals surface area contributed by atoms with Gasteiger partial charge in [0.1, 0.15) is 18.7 Å². The molecule has 1 aliphatic rings. The highest BCUT2D eigenvalue weighted by Gasteiger charge is 2.15. The SMILES string of the molecule is c1ccc(OCCNc2nc(NCCN3CCOCC3)nc3c2ncn3-c2ccsc2)cc1. The zero-order valence-corrected chi connectivity index (χ0v) is 19.1. The predicted octanol–water partition coefficient (Wildman–Crippen LogP) is 3.11. The van der Waals surface area contributed by atoms with Crippen molar-refractivity contribution in [1.29, 1.82) is 0 Å². The second kappa shape index (κ2) is 10.6. The zero-order valence-electron chi connectivity index (χ0n) is 18.3. The Hall–Kier alpha value is -3.21. The number of nitrogens with zero attached hydrogens (tertiary/aromatic N) is 5. The van der Waals surface area contributed by atoms with E-state index in [4.69, 9.17) is 19.4 Å². The predicted molar refractivity (Wildman–Crippen MR) is 131 cm³/mol. The van der Waals surface area contributed by atoms with Crippen LogP contribution in [0.4, 0.5) is 11.8 Å². The summed E-state index contributed by atoms with van der Waals surface area (Å²) < 4.78 is 13.2. The van der Waals surface area contributed by atoms with Crippen molar-refractivity contribution in [2.75, 3.05) is 63.2 Å². The molecule has 3 aromatic heterocycles. The largest absolute Gasteiger partial charge is 0.492 e. The van der Waals surface area contributed by atoms with Gasteiger partial charge in [-0.1, -0.05) is 18.2 Å². The lowest BCUT2D eigenvalue weighted by molar-refractivity contribution is 0.0398. The molecule has 9 nitrogen and oxygen atoms in total. The van der Waals surface area contributed by atoms with Gasteiger partial charge in [0.05, 0.1) is 25.4 Å². The average molecular weight is 466 g/mol. The van der Waals surface area contributed by atoms with Crippen LogP contribution in [0.2, 0.25) is 0 Å². The van der Waals surface area contributed by atoms with Gasteiger partial charge in [-0.25, -0.2) is 4.98 Å². The number of morpholine rings is 1. The molecule has 0 spiro atoms. The van der Waals surface area contributed by atoms with Crippen LogP contribution in [-0.2, 0) is 4.74 Å². The number of imidazole rings is 1. The first-order valence-electron chi connectivity index (χ1n) is 11.1. The van der Waals surface area contributed by atoms with Gasteiger partial charge in [0, 0.05) is 31.6 Å². The van der Waals surface area contributed by atoms with Gasteiger partial charge in [-0.2, -0.15) is 21.3 Å². The zero-order chi connectivity index (χ0) is 22.3. The fraction of sp³-hybridized carbons (Fsp3) is 0.348. The molecule has 0 bridgehead atoms. The van der Waals surface area contributed by atoms with Gasteiger partial charge < -0.3 is 20.1 Å². The van der Waals surface area contributed by atoms with Crippen LogP contribution < -0.4 is 15.4 Å². The van der Waals surface area contributed by atoms with Gasteiger partial charge in [-0.05, 0) is 23.6 Å². The van der Waals surface area contributed by atoms with Crippen molar-refractivity contribution in [2.24, 2.45) is 0 Å². The van der Waals surface area contributed by atoms with E-state index in [1.165, 1.54) is 0 Å². The molecule has 1 aliphatic heterocycles. The normalized spacial score (nSPS) is 14.4. The van der Waals surface area contributed by atoms with Crippen LogP contribution in [0.25, 0.3) is 16.9 Å². The Bertz CT molecular complexity index is 1140. The van der Waals surface area contributed by atoms with Gasteiger partial charge in [-0.3, -0.25) is 9.47 Å². The van der Waals surface area contributed by atoms with E-state index in [2.05, 4.69) is 32.0 Å². The molecule has 0 aliphatic carbocycles. The lowest BCUT2D eigenvalue weighted by Crippen LogP contribution is -2.39. The summed E-state index contributed by atoms with van der Waals surface area (Å²) in [5, 5.41) is 10.9. The first-order chi connectivity index (χ1) is 16.4. The lowest BCUT2D eigenvalue weighted by Gasteiger charge is -2.26. The Morgan fingerprint density at radius 2 is 1.91 bits per heavy atom. The number of ether oxygens (including phenoxy) is 2. The fourth-order valence-electron chi connectivity index (χ4n) is 3.69. The number of hydrogen-bond acceptors (Lipinski definition) is 9. The van der Waals surface area contributed by atoms with Crippen molar-refractivity contribution >= 4 is 34.3 Å². The monoisotopic (exact) mass is 465 g/mol. The summed E-state index contributed by atoms with van der Waals surface area (Å²) in [6.07, 6.45) is 1.80. The molecule has 1 fully saturated rings. The molecular formula is C23H27N7O2S. The van der Waals surface area contributed by atoms with E-state index in [1.54, 1.807) is 17.7 Å². The van der Waals surface area contributed by atoms with Crippen LogP contribution >= 0.6 is 11.3 Å². The van der Waals surface area contributed by atoms with Gasteiger partial charge in [0.2, 0.25) is 5.95 Å². The van der Waals surface area contributed by atoms with E-state index >= 15 is 0 Å². The van der Waals surface area contributed by atoms with Gasteiger partial charge in [0.15, 0.2) is 17.0 Å². The van der Waals surface area contributed by atoms with E-state index in [1.807, 2.05) is 40.3 Å². The molecule has 4 heterocycles. The first-order valence-corrected chi connectivity index (χ1v) is 12.0. The third-order valence-corrected chi connectivity index (χ3v) is 6.07. The smallest absolute Gasteiger partial charge is 0.226 e. The topological polar surface area (TPSA) is 89.4 Å². The Kier molecular flexibility index (Phi) is 6.95. The molecular weight excluding hydrogens is 438 g/mol. The first kappa shape index (κ1) is 21.6. The maximum absolute atomic E-state index is 5.80. The number of nitrogens with one attached hydrogen (secondary N) is 2. The van der Waals surface area contributed by atoms with Crippen LogP contribution in [0.1, 0.15) is 0 Å². The van der Waals surface area contributed by atoms with E-state index in [0.717, 1.165) is 62.0 Å². The van der Waals surface area contributed by atoms with E-state index in [-0.39, 0.29) is 0 Å². The second-order valence-electron chi connectivity index (χ2n) is 7.63. The molecule has 0 amide bonds. The number of thiophene rings is 1. The van der Waals surface area contributed by atoms with E-state index < -0.39 is 0 Å². The lowest BCUT2D eigenvalue weighted by atomic mass is 10.3. The fourth-order valence-corrected chi connectivity index (χ4v) is 4.32. The molecule has 172 valence electrons. The van der Waals surface area contributed by atoms with Crippen molar-refractivity contribution in [3.05, 3.63) is 53.5 Å². The summed E-state index contributed by atoms with van der Waals surface area (Å²) >= 11 is 1.64. The van der Waals surface area contributed by atoms with Crippen molar-refractivity contribution in [3.8, 4) is 11.4 Å². The number of rotatable bonds is 10. The number of anilines is 2. The van der Waals surface area contributed by atoms with Gasteiger partial charge in [0.25, 0.3) is 0 Å². The Morgan fingerprint density at radius 3 is 2.73 bits per heavy atom. The van der Waals surface area contributed by atoms with Crippen LogP contribution in [0.3, 0.4) is 0 Å². The molecule has 0 atom stereocenters. The van der Waals surface area contributed by atoms with Crippen molar-refractivity contribution in [3.63, 3.8) is 0 Å². The van der Waals surface area contributed by atoms with Gasteiger partial charge in [-0.15, -0.1) is 0 Å². The number of aromatic nitrogens is 4. The molecule has 0 unspecified atom stereocenters. The molecule has 1 aromatic carbocycles. The number of hydrogen-bond donors (Lipinski definition) is 2. The van der Waals surface area contributed by atoms with E-state index in [0.29, 0.717) is 24.9 Å². The standard InChI is InChI=1S/C23H27N7O2S/c1-2-4-19(5-3-1)32-12-8-24-21-20-22(30(17-26-20)18-6-15-33-16-18)28-23(27-21)25-7-9-29-10-13-31-14-11-29/h1-6,15-17H,7-14H2,(H2,24,25,27,28).